The molecule has 0 radical (unpaired) electrons. The summed E-state index contributed by atoms with van der Waals surface area (Å²) < 4.78 is 0. The van der Waals surface area contributed by atoms with Crippen molar-refractivity contribution in [3.05, 3.63) is 24.0 Å². The molecule has 1 heterocycles. The van der Waals surface area contributed by atoms with Crippen LogP contribution in [0.3, 0.4) is 0 Å². The molecule has 2 heteroatoms. The summed E-state index contributed by atoms with van der Waals surface area (Å²) in [7, 11) is 0. The predicted molar refractivity (Wildman–Crippen MR) is 59.4 cm³/mol. The molecule has 0 unspecified atom stereocenters. The van der Waals surface area contributed by atoms with Crippen molar-refractivity contribution in [3.63, 3.8) is 0 Å². The maximum absolute atomic E-state index is 4.28. The Labute approximate surface area is 85.7 Å². The number of nitrogens with one attached hydrogen (secondary N) is 1. The highest BCUT2D eigenvalue weighted by Gasteiger charge is 2.22. The smallest absolute Gasteiger partial charge is 0.0529 e. The van der Waals surface area contributed by atoms with E-state index in [4.69, 9.17) is 0 Å². The van der Waals surface area contributed by atoms with Gasteiger partial charge in [0, 0.05) is 11.7 Å². The van der Waals surface area contributed by atoms with E-state index >= 15 is 0 Å². The van der Waals surface area contributed by atoms with Gasteiger partial charge in [-0.2, -0.15) is 0 Å². The molecular formula is C12H18N2. The Morgan fingerprint density at radius 3 is 2.79 bits per heavy atom. The van der Waals surface area contributed by atoms with Crippen LogP contribution in [0.2, 0.25) is 0 Å². The highest BCUT2D eigenvalue weighted by Crippen LogP contribution is 2.27. The van der Waals surface area contributed by atoms with Crippen molar-refractivity contribution in [1.29, 1.82) is 0 Å². The third-order valence-electron chi connectivity index (χ3n) is 3.12. The highest BCUT2D eigenvalue weighted by molar-refractivity contribution is 5.42. The molecule has 0 aromatic carbocycles. The lowest BCUT2D eigenvalue weighted by molar-refractivity contribution is 0.556. The molecule has 76 valence electrons. The Kier molecular flexibility index (Phi) is 2.71. The second-order valence-electron chi connectivity index (χ2n) is 4.35. The van der Waals surface area contributed by atoms with Gasteiger partial charge in [-0.3, -0.25) is 4.98 Å². The van der Waals surface area contributed by atoms with Gasteiger partial charge in [0.15, 0.2) is 0 Å². The van der Waals surface area contributed by atoms with E-state index < -0.39 is 0 Å². The summed E-state index contributed by atoms with van der Waals surface area (Å²) in [6.45, 7) is 4.34. The zero-order valence-electron chi connectivity index (χ0n) is 8.96. The first kappa shape index (κ1) is 9.50. The first-order valence-electron chi connectivity index (χ1n) is 5.45. The van der Waals surface area contributed by atoms with Gasteiger partial charge < -0.3 is 5.32 Å². The van der Waals surface area contributed by atoms with E-state index in [2.05, 4.69) is 29.4 Å². The fourth-order valence-electron chi connectivity index (χ4n) is 2.13. The third-order valence-corrected chi connectivity index (χ3v) is 3.12. The van der Waals surface area contributed by atoms with Crippen LogP contribution < -0.4 is 5.32 Å². The molecule has 2 nitrogen and oxygen atoms in total. The van der Waals surface area contributed by atoms with Crippen molar-refractivity contribution in [2.24, 2.45) is 5.92 Å². The molecule has 0 aliphatic heterocycles. The summed E-state index contributed by atoms with van der Waals surface area (Å²) in [5.74, 6) is 0.802. The van der Waals surface area contributed by atoms with E-state index in [-0.39, 0.29) is 0 Å². The molecule has 1 fully saturated rings. The summed E-state index contributed by atoms with van der Waals surface area (Å²) in [5, 5.41) is 3.56. The summed E-state index contributed by atoms with van der Waals surface area (Å²) in [4.78, 5) is 4.28. The van der Waals surface area contributed by atoms with Crippen LogP contribution in [-0.2, 0) is 0 Å². The maximum atomic E-state index is 4.28. The zero-order valence-corrected chi connectivity index (χ0v) is 8.96. The Morgan fingerprint density at radius 2 is 2.21 bits per heavy atom. The number of anilines is 1. The van der Waals surface area contributed by atoms with E-state index in [1.54, 1.807) is 0 Å². The van der Waals surface area contributed by atoms with Gasteiger partial charge in [-0.15, -0.1) is 0 Å². The first-order valence-corrected chi connectivity index (χ1v) is 5.45. The van der Waals surface area contributed by atoms with E-state index in [1.807, 2.05) is 13.1 Å². The third kappa shape index (κ3) is 2.06. The largest absolute Gasteiger partial charge is 0.381 e. The Hall–Kier alpha value is -1.05. The van der Waals surface area contributed by atoms with Crippen LogP contribution in [0.25, 0.3) is 0 Å². The standard InChI is InChI=1S/C12H18N2/c1-9-4-3-5-12(9)14-11-7-6-10(2)13-8-11/h6-9,12,14H,3-5H2,1-2H3/t9-,12-/m1/s1. The van der Waals surface area contributed by atoms with Crippen molar-refractivity contribution in [2.45, 2.75) is 39.2 Å². The van der Waals surface area contributed by atoms with Gasteiger partial charge in [0.2, 0.25) is 0 Å². The zero-order chi connectivity index (χ0) is 9.97. The first-order chi connectivity index (χ1) is 6.75. The molecule has 2 atom stereocenters. The lowest BCUT2D eigenvalue weighted by atomic mass is 10.1. The summed E-state index contributed by atoms with van der Waals surface area (Å²) in [6, 6.07) is 4.83. The molecule has 0 spiro atoms. The molecule has 14 heavy (non-hydrogen) atoms. The molecular weight excluding hydrogens is 172 g/mol. The molecule has 0 saturated heterocycles. The molecule has 0 bridgehead atoms. The molecule has 0 amide bonds. The molecule has 1 aliphatic rings. The van der Waals surface area contributed by atoms with Crippen LogP contribution in [0.5, 0.6) is 0 Å². The van der Waals surface area contributed by atoms with Gasteiger partial charge in [0.25, 0.3) is 0 Å². The lowest BCUT2D eigenvalue weighted by Crippen LogP contribution is -2.21. The number of aromatic nitrogens is 1. The predicted octanol–water partition coefficient (Wildman–Crippen LogP) is 2.99. The molecule has 1 aromatic rings. The van der Waals surface area contributed by atoms with E-state index in [1.165, 1.54) is 19.3 Å². The van der Waals surface area contributed by atoms with Crippen LogP contribution in [0, 0.1) is 12.8 Å². The Balaban J connectivity index is 2.00. The number of hydrogen-bond acceptors (Lipinski definition) is 2. The monoisotopic (exact) mass is 190 g/mol. The van der Waals surface area contributed by atoms with Crippen molar-refractivity contribution in [2.75, 3.05) is 5.32 Å². The SMILES string of the molecule is Cc1ccc(N[C@@H]2CCC[C@H]2C)cn1. The number of hydrogen-bond donors (Lipinski definition) is 1. The second-order valence-corrected chi connectivity index (χ2v) is 4.35. The summed E-state index contributed by atoms with van der Waals surface area (Å²) >= 11 is 0. The average Bonchev–Trinajstić information content (AvgIpc) is 2.56. The normalized spacial score (nSPS) is 26.4. The molecule has 1 aliphatic carbocycles. The van der Waals surface area contributed by atoms with E-state index in [0.717, 1.165) is 17.3 Å². The van der Waals surface area contributed by atoms with E-state index in [0.29, 0.717) is 6.04 Å². The molecule has 2 rings (SSSR count). The minimum absolute atomic E-state index is 0.652. The number of nitrogens with zero attached hydrogens (tertiary/aromatic N) is 1. The molecule has 1 saturated carbocycles. The topological polar surface area (TPSA) is 24.9 Å². The van der Waals surface area contributed by atoms with Crippen molar-refractivity contribution >= 4 is 5.69 Å². The van der Waals surface area contributed by atoms with Crippen LogP contribution in [0.15, 0.2) is 18.3 Å². The highest BCUT2D eigenvalue weighted by atomic mass is 14.9. The lowest BCUT2D eigenvalue weighted by Gasteiger charge is -2.18. The van der Waals surface area contributed by atoms with E-state index in [9.17, 15) is 0 Å². The van der Waals surface area contributed by atoms with Crippen LogP contribution in [-0.4, -0.2) is 11.0 Å². The quantitative estimate of drug-likeness (QED) is 0.775. The summed E-state index contributed by atoms with van der Waals surface area (Å²) in [5.41, 5.74) is 2.24. The fourth-order valence-corrected chi connectivity index (χ4v) is 2.13. The van der Waals surface area contributed by atoms with Gasteiger partial charge in [-0.1, -0.05) is 13.3 Å². The number of pyridine rings is 1. The summed E-state index contributed by atoms with van der Waals surface area (Å²) in [6.07, 6.45) is 5.95. The fraction of sp³-hybridized carbons (Fsp3) is 0.583. The Bertz CT molecular complexity index is 292. The van der Waals surface area contributed by atoms with Crippen molar-refractivity contribution in [3.8, 4) is 0 Å². The van der Waals surface area contributed by atoms with Gasteiger partial charge in [0.05, 0.1) is 11.9 Å². The molecule has 1 N–H and O–H groups in total. The minimum atomic E-state index is 0.652. The van der Waals surface area contributed by atoms with Crippen molar-refractivity contribution in [1.82, 2.24) is 4.98 Å². The maximum Gasteiger partial charge on any atom is 0.0529 e. The van der Waals surface area contributed by atoms with Crippen LogP contribution in [0.4, 0.5) is 5.69 Å². The number of rotatable bonds is 2. The van der Waals surface area contributed by atoms with Gasteiger partial charge in [0.1, 0.15) is 0 Å². The van der Waals surface area contributed by atoms with Gasteiger partial charge in [-0.25, -0.2) is 0 Å². The van der Waals surface area contributed by atoms with Crippen LogP contribution >= 0.6 is 0 Å². The van der Waals surface area contributed by atoms with Gasteiger partial charge >= 0.3 is 0 Å². The minimum Gasteiger partial charge on any atom is -0.381 e. The van der Waals surface area contributed by atoms with Crippen molar-refractivity contribution < 1.29 is 0 Å². The molecule has 1 aromatic heterocycles. The second kappa shape index (κ2) is 3.99. The Morgan fingerprint density at radius 1 is 1.36 bits per heavy atom. The van der Waals surface area contributed by atoms with Gasteiger partial charge in [-0.05, 0) is 37.8 Å². The average molecular weight is 190 g/mol. The van der Waals surface area contributed by atoms with Crippen LogP contribution in [0.1, 0.15) is 31.9 Å². The number of aryl methyl sites for hydroxylation is 1.